The van der Waals surface area contributed by atoms with Crippen LogP contribution in [0.15, 0.2) is 36.4 Å². The molecule has 0 unspecified atom stereocenters. The van der Waals surface area contributed by atoms with E-state index in [9.17, 15) is 9.59 Å². The van der Waals surface area contributed by atoms with E-state index in [4.69, 9.17) is 9.84 Å². The number of esters is 1. The van der Waals surface area contributed by atoms with Gasteiger partial charge in [-0.3, -0.25) is 0 Å². The molecule has 5 heteroatoms. The van der Waals surface area contributed by atoms with E-state index in [2.05, 4.69) is 0 Å². The molecule has 98 valence electrons. The van der Waals surface area contributed by atoms with Crippen LogP contribution in [0, 0.1) is 0 Å². The Morgan fingerprint density at radius 3 is 2.42 bits per heavy atom. The molecule has 0 amide bonds. The minimum Gasteiger partial charge on any atom is -0.478 e. The highest BCUT2D eigenvalue weighted by atomic mass is 32.1. The topological polar surface area (TPSA) is 63.6 Å². The minimum atomic E-state index is -0.954. The van der Waals surface area contributed by atoms with Gasteiger partial charge in [0.2, 0.25) is 0 Å². The van der Waals surface area contributed by atoms with Gasteiger partial charge in [0.05, 0.1) is 12.2 Å². The third-order valence-corrected chi connectivity index (χ3v) is 3.61. The molecule has 4 nitrogen and oxygen atoms in total. The molecule has 1 heterocycles. The Labute approximate surface area is 114 Å². The zero-order valence-corrected chi connectivity index (χ0v) is 11.1. The molecular formula is C14H12O4S. The molecule has 0 radical (unpaired) electrons. The van der Waals surface area contributed by atoms with Crippen LogP contribution < -0.4 is 0 Å². The first-order valence-electron chi connectivity index (χ1n) is 5.72. The highest BCUT2D eigenvalue weighted by Crippen LogP contribution is 2.28. The number of carbonyl (C=O) groups is 2. The van der Waals surface area contributed by atoms with Crippen molar-refractivity contribution < 1.29 is 19.4 Å². The molecule has 1 aromatic heterocycles. The second-order valence-electron chi connectivity index (χ2n) is 3.77. The van der Waals surface area contributed by atoms with Crippen molar-refractivity contribution in [3.63, 3.8) is 0 Å². The second kappa shape index (κ2) is 5.67. The first-order chi connectivity index (χ1) is 9.11. The molecular weight excluding hydrogens is 264 g/mol. The fraction of sp³-hybridized carbons (Fsp3) is 0.143. The number of carbonyl (C=O) groups excluding carboxylic acids is 1. The molecule has 0 saturated carbocycles. The van der Waals surface area contributed by atoms with Gasteiger partial charge in [-0.05, 0) is 36.8 Å². The largest absolute Gasteiger partial charge is 0.478 e. The number of aromatic carboxylic acids is 1. The van der Waals surface area contributed by atoms with E-state index in [0.717, 1.165) is 10.4 Å². The molecule has 2 rings (SSSR count). The number of benzene rings is 1. The van der Waals surface area contributed by atoms with Crippen LogP contribution in [0.5, 0.6) is 0 Å². The van der Waals surface area contributed by atoms with E-state index < -0.39 is 5.97 Å². The summed E-state index contributed by atoms with van der Waals surface area (Å²) in [7, 11) is 0. The molecule has 0 bridgehead atoms. The van der Waals surface area contributed by atoms with Crippen LogP contribution >= 0.6 is 11.3 Å². The van der Waals surface area contributed by atoms with Crippen LogP contribution in [0.25, 0.3) is 10.4 Å². The summed E-state index contributed by atoms with van der Waals surface area (Å²) in [5.41, 5.74) is 1.12. The Balaban J connectivity index is 2.23. The highest BCUT2D eigenvalue weighted by molar-refractivity contribution is 7.17. The van der Waals surface area contributed by atoms with Crippen LogP contribution in [0.1, 0.15) is 27.0 Å². The number of ether oxygens (including phenoxy) is 1. The van der Waals surface area contributed by atoms with Crippen LogP contribution in [-0.2, 0) is 4.74 Å². The number of hydrogen-bond acceptors (Lipinski definition) is 4. The van der Waals surface area contributed by atoms with E-state index in [1.165, 1.54) is 11.3 Å². The molecule has 0 aliphatic carbocycles. The zero-order chi connectivity index (χ0) is 13.8. The summed E-state index contributed by atoms with van der Waals surface area (Å²) < 4.78 is 4.92. The van der Waals surface area contributed by atoms with Crippen molar-refractivity contribution in [1.82, 2.24) is 0 Å². The van der Waals surface area contributed by atoms with Gasteiger partial charge < -0.3 is 9.84 Å². The average Bonchev–Trinajstić information content (AvgIpc) is 2.89. The van der Waals surface area contributed by atoms with Gasteiger partial charge in [0.25, 0.3) is 0 Å². The molecule has 2 aromatic rings. The molecule has 19 heavy (non-hydrogen) atoms. The average molecular weight is 276 g/mol. The summed E-state index contributed by atoms with van der Waals surface area (Å²) in [6, 6.07) is 10.1. The zero-order valence-electron chi connectivity index (χ0n) is 10.3. The number of carboxylic acids is 1. The lowest BCUT2D eigenvalue weighted by atomic mass is 10.1. The van der Waals surface area contributed by atoms with Crippen molar-refractivity contribution in [2.75, 3.05) is 6.61 Å². The molecule has 0 fully saturated rings. The molecule has 0 aliphatic rings. The fourth-order valence-corrected chi connectivity index (χ4v) is 2.49. The Kier molecular flexibility index (Phi) is 3.97. The smallest absolute Gasteiger partial charge is 0.348 e. The van der Waals surface area contributed by atoms with Crippen LogP contribution in [0.4, 0.5) is 0 Å². The molecule has 0 atom stereocenters. The van der Waals surface area contributed by atoms with Gasteiger partial charge in [-0.15, -0.1) is 11.3 Å². The van der Waals surface area contributed by atoms with Gasteiger partial charge >= 0.3 is 11.9 Å². The lowest BCUT2D eigenvalue weighted by Crippen LogP contribution is -2.01. The summed E-state index contributed by atoms with van der Waals surface area (Å²) in [5.74, 6) is -1.29. The van der Waals surface area contributed by atoms with Gasteiger partial charge in [0.1, 0.15) is 4.88 Å². The Bertz CT molecular complexity index is 598. The SMILES string of the molecule is CCOC(=O)c1ccc(-c2ccc(C(=O)O)cc2)s1. The Morgan fingerprint density at radius 2 is 1.84 bits per heavy atom. The Hall–Kier alpha value is -2.14. The summed E-state index contributed by atoms with van der Waals surface area (Å²) >= 11 is 1.33. The van der Waals surface area contributed by atoms with E-state index >= 15 is 0 Å². The fourth-order valence-electron chi connectivity index (χ4n) is 1.58. The molecule has 0 saturated heterocycles. The monoisotopic (exact) mass is 276 g/mol. The highest BCUT2D eigenvalue weighted by Gasteiger charge is 2.11. The summed E-state index contributed by atoms with van der Waals surface area (Å²) in [6.45, 7) is 2.11. The first-order valence-corrected chi connectivity index (χ1v) is 6.54. The van der Waals surface area contributed by atoms with Gasteiger partial charge in [0.15, 0.2) is 0 Å². The maximum absolute atomic E-state index is 11.5. The van der Waals surface area contributed by atoms with E-state index in [-0.39, 0.29) is 11.5 Å². The van der Waals surface area contributed by atoms with Gasteiger partial charge in [-0.1, -0.05) is 12.1 Å². The lowest BCUT2D eigenvalue weighted by Gasteiger charge is -1.99. The quantitative estimate of drug-likeness (QED) is 0.870. The number of rotatable bonds is 4. The first kappa shape index (κ1) is 13.3. The lowest BCUT2D eigenvalue weighted by molar-refractivity contribution is 0.0531. The van der Waals surface area contributed by atoms with Crippen molar-refractivity contribution in [3.05, 3.63) is 46.8 Å². The van der Waals surface area contributed by atoms with Crippen molar-refractivity contribution in [3.8, 4) is 10.4 Å². The number of thiophene rings is 1. The molecule has 1 aromatic carbocycles. The van der Waals surface area contributed by atoms with Crippen LogP contribution in [0.2, 0.25) is 0 Å². The molecule has 0 aliphatic heterocycles. The maximum atomic E-state index is 11.5. The van der Waals surface area contributed by atoms with Crippen LogP contribution in [-0.4, -0.2) is 23.7 Å². The Morgan fingerprint density at radius 1 is 1.16 bits per heavy atom. The third-order valence-electron chi connectivity index (χ3n) is 2.50. The van der Waals surface area contributed by atoms with Gasteiger partial charge in [0, 0.05) is 4.88 Å². The van der Waals surface area contributed by atoms with E-state index in [0.29, 0.717) is 11.5 Å². The predicted molar refractivity (Wildman–Crippen MR) is 72.7 cm³/mol. The number of hydrogen-bond donors (Lipinski definition) is 1. The summed E-state index contributed by atoms with van der Waals surface area (Å²) in [6.07, 6.45) is 0. The van der Waals surface area contributed by atoms with E-state index in [1.807, 2.05) is 6.07 Å². The maximum Gasteiger partial charge on any atom is 0.348 e. The third kappa shape index (κ3) is 3.00. The van der Waals surface area contributed by atoms with Gasteiger partial charge in [-0.2, -0.15) is 0 Å². The van der Waals surface area contributed by atoms with Crippen molar-refractivity contribution in [2.24, 2.45) is 0 Å². The predicted octanol–water partition coefficient (Wildman–Crippen LogP) is 3.29. The summed E-state index contributed by atoms with van der Waals surface area (Å²) in [4.78, 5) is 23.7. The molecule has 0 spiro atoms. The van der Waals surface area contributed by atoms with Crippen molar-refractivity contribution in [2.45, 2.75) is 6.92 Å². The van der Waals surface area contributed by atoms with Crippen LogP contribution in [0.3, 0.4) is 0 Å². The van der Waals surface area contributed by atoms with E-state index in [1.54, 1.807) is 37.3 Å². The standard InChI is InChI=1S/C14H12O4S/c1-2-18-14(17)12-8-7-11(19-12)9-3-5-10(6-4-9)13(15)16/h3-8H,2H2,1H3,(H,15,16). The minimum absolute atomic E-state index is 0.242. The summed E-state index contributed by atoms with van der Waals surface area (Å²) in [5, 5.41) is 8.82. The number of carboxylic acid groups (broad SMARTS) is 1. The van der Waals surface area contributed by atoms with Gasteiger partial charge in [-0.25, -0.2) is 9.59 Å². The van der Waals surface area contributed by atoms with Crippen molar-refractivity contribution in [1.29, 1.82) is 0 Å². The van der Waals surface area contributed by atoms with Crippen molar-refractivity contribution >= 4 is 23.3 Å². The normalized spacial score (nSPS) is 10.2. The molecule has 1 N–H and O–H groups in total. The second-order valence-corrected chi connectivity index (χ2v) is 4.85.